The molecular formula is C16H25NO. The molecule has 0 bridgehead atoms. The molecule has 0 aromatic heterocycles. The van der Waals surface area contributed by atoms with Crippen LogP contribution in [0.2, 0.25) is 0 Å². The van der Waals surface area contributed by atoms with Gasteiger partial charge >= 0.3 is 0 Å². The van der Waals surface area contributed by atoms with Crippen molar-refractivity contribution >= 4 is 0 Å². The maximum absolute atomic E-state index is 5.15. The lowest BCUT2D eigenvalue weighted by Crippen LogP contribution is -2.33. The first kappa shape index (κ1) is 13.6. The molecule has 0 unspecified atom stereocenters. The lowest BCUT2D eigenvalue weighted by molar-refractivity contribution is 0.141. The van der Waals surface area contributed by atoms with E-state index in [1.165, 1.54) is 23.1 Å². The SMILES string of the molecule is COCCN1CCc2cc(C(C)(C)C)ccc2C1. The van der Waals surface area contributed by atoms with Gasteiger partial charge in [0.1, 0.15) is 0 Å². The van der Waals surface area contributed by atoms with Gasteiger partial charge in [0, 0.05) is 26.7 Å². The maximum atomic E-state index is 5.15. The van der Waals surface area contributed by atoms with E-state index in [2.05, 4.69) is 43.9 Å². The minimum absolute atomic E-state index is 0.252. The summed E-state index contributed by atoms with van der Waals surface area (Å²) in [5, 5.41) is 0. The van der Waals surface area contributed by atoms with Crippen LogP contribution in [0.4, 0.5) is 0 Å². The Labute approximate surface area is 111 Å². The van der Waals surface area contributed by atoms with Crippen molar-refractivity contribution in [2.75, 3.05) is 26.8 Å². The summed E-state index contributed by atoms with van der Waals surface area (Å²) in [6.07, 6.45) is 1.17. The summed E-state index contributed by atoms with van der Waals surface area (Å²) in [6, 6.07) is 7.01. The number of benzene rings is 1. The summed E-state index contributed by atoms with van der Waals surface area (Å²) >= 11 is 0. The van der Waals surface area contributed by atoms with Crippen molar-refractivity contribution in [2.45, 2.75) is 39.2 Å². The van der Waals surface area contributed by atoms with E-state index < -0.39 is 0 Å². The van der Waals surface area contributed by atoms with Gasteiger partial charge in [-0.1, -0.05) is 39.0 Å². The molecule has 0 amide bonds. The van der Waals surface area contributed by atoms with E-state index in [0.29, 0.717) is 0 Å². The van der Waals surface area contributed by atoms with Gasteiger partial charge in [-0.05, 0) is 28.5 Å². The smallest absolute Gasteiger partial charge is 0.0589 e. The summed E-state index contributed by atoms with van der Waals surface area (Å²) in [7, 11) is 1.77. The molecule has 2 heteroatoms. The van der Waals surface area contributed by atoms with Gasteiger partial charge in [-0.3, -0.25) is 4.90 Å². The number of fused-ring (bicyclic) bond motifs is 1. The lowest BCUT2D eigenvalue weighted by Gasteiger charge is -2.30. The molecule has 0 fully saturated rings. The van der Waals surface area contributed by atoms with Crippen LogP contribution < -0.4 is 0 Å². The number of rotatable bonds is 3. The molecule has 1 heterocycles. The van der Waals surface area contributed by atoms with E-state index in [1.807, 2.05) is 0 Å². The monoisotopic (exact) mass is 247 g/mol. The van der Waals surface area contributed by atoms with Crippen LogP contribution in [-0.2, 0) is 23.1 Å². The number of hydrogen-bond acceptors (Lipinski definition) is 2. The molecular weight excluding hydrogens is 222 g/mol. The van der Waals surface area contributed by atoms with Crippen molar-refractivity contribution in [3.05, 3.63) is 34.9 Å². The van der Waals surface area contributed by atoms with Crippen LogP contribution in [0, 0.1) is 0 Å². The van der Waals surface area contributed by atoms with E-state index in [4.69, 9.17) is 4.74 Å². The maximum Gasteiger partial charge on any atom is 0.0589 e. The number of ether oxygens (including phenoxy) is 1. The van der Waals surface area contributed by atoms with Crippen molar-refractivity contribution in [3.8, 4) is 0 Å². The Morgan fingerprint density at radius 3 is 2.67 bits per heavy atom. The van der Waals surface area contributed by atoms with Gasteiger partial charge in [-0.2, -0.15) is 0 Å². The molecule has 1 aromatic rings. The molecule has 0 aliphatic carbocycles. The molecule has 2 nitrogen and oxygen atoms in total. The zero-order valence-corrected chi connectivity index (χ0v) is 12.1. The van der Waals surface area contributed by atoms with Gasteiger partial charge in [0.25, 0.3) is 0 Å². The summed E-state index contributed by atoms with van der Waals surface area (Å²) in [4.78, 5) is 2.47. The topological polar surface area (TPSA) is 12.5 Å². The van der Waals surface area contributed by atoms with Gasteiger partial charge < -0.3 is 4.74 Å². The van der Waals surface area contributed by atoms with Gasteiger partial charge in [-0.15, -0.1) is 0 Å². The molecule has 0 N–H and O–H groups in total. The predicted molar refractivity (Wildman–Crippen MR) is 76.0 cm³/mol. The molecule has 0 saturated heterocycles. The second-order valence-electron chi connectivity index (χ2n) is 6.25. The van der Waals surface area contributed by atoms with Gasteiger partial charge in [0.15, 0.2) is 0 Å². The van der Waals surface area contributed by atoms with Crippen molar-refractivity contribution < 1.29 is 4.74 Å². The van der Waals surface area contributed by atoms with Crippen molar-refractivity contribution in [3.63, 3.8) is 0 Å². The summed E-state index contributed by atoms with van der Waals surface area (Å²) < 4.78 is 5.15. The van der Waals surface area contributed by atoms with Gasteiger partial charge in [-0.25, -0.2) is 0 Å². The van der Waals surface area contributed by atoms with Crippen LogP contribution in [0.3, 0.4) is 0 Å². The minimum Gasteiger partial charge on any atom is -0.383 e. The molecule has 2 rings (SSSR count). The first-order valence-electron chi connectivity index (χ1n) is 6.84. The zero-order valence-electron chi connectivity index (χ0n) is 12.1. The first-order chi connectivity index (χ1) is 8.50. The molecule has 0 atom stereocenters. The molecule has 0 saturated carbocycles. The minimum atomic E-state index is 0.252. The number of methoxy groups -OCH3 is 1. The van der Waals surface area contributed by atoms with Crippen LogP contribution in [0.5, 0.6) is 0 Å². The molecule has 1 aliphatic heterocycles. The Bertz CT molecular complexity index is 406. The highest BCUT2D eigenvalue weighted by atomic mass is 16.5. The number of nitrogens with zero attached hydrogens (tertiary/aromatic N) is 1. The van der Waals surface area contributed by atoms with Gasteiger partial charge in [0.2, 0.25) is 0 Å². The molecule has 0 spiro atoms. The first-order valence-corrected chi connectivity index (χ1v) is 6.84. The fraction of sp³-hybridized carbons (Fsp3) is 0.625. The summed E-state index contributed by atoms with van der Waals surface area (Å²) in [5.41, 5.74) is 4.73. The Hall–Kier alpha value is -0.860. The van der Waals surface area contributed by atoms with Crippen molar-refractivity contribution in [1.29, 1.82) is 0 Å². The number of hydrogen-bond donors (Lipinski definition) is 0. The van der Waals surface area contributed by atoms with E-state index in [0.717, 1.165) is 26.2 Å². The zero-order chi connectivity index (χ0) is 13.2. The lowest BCUT2D eigenvalue weighted by atomic mass is 9.84. The third kappa shape index (κ3) is 3.12. The van der Waals surface area contributed by atoms with Gasteiger partial charge in [0.05, 0.1) is 6.61 Å². The molecule has 0 radical (unpaired) electrons. The van der Waals surface area contributed by atoms with E-state index >= 15 is 0 Å². The molecule has 100 valence electrons. The van der Waals surface area contributed by atoms with Crippen LogP contribution in [0.15, 0.2) is 18.2 Å². The third-order valence-corrected chi connectivity index (χ3v) is 3.78. The second kappa shape index (κ2) is 5.41. The van der Waals surface area contributed by atoms with E-state index in [-0.39, 0.29) is 5.41 Å². The standard InChI is InChI=1S/C16H25NO/c1-16(2,3)15-6-5-14-12-17(9-10-18-4)8-7-13(14)11-15/h5-6,11H,7-10,12H2,1-4H3. The Morgan fingerprint density at radius 2 is 2.00 bits per heavy atom. The van der Waals surface area contributed by atoms with Crippen molar-refractivity contribution in [1.82, 2.24) is 4.90 Å². The Kier molecular flexibility index (Phi) is 4.08. The Balaban J connectivity index is 2.11. The highest BCUT2D eigenvalue weighted by Crippen LogP contribution is 2.27. The third-order valence-electron chi connectivity index (χ3n) is 3.78. The molecule has 1 aliphatic rings. The van der Waals surface area contributed by atoms with Crippen molar-refractivity contribution in [2.24, 2.45) is 0 Å². The van der Waals surface area contributed by atoms with Crippen LogP contribution in [0.25, 0.3) is 0 Å². The summed E-state index contributed by atoms with van der Waals surface area (Å²) in [6.45, 7) is 10.9. The fourth-order valence-corrected chi connectivity index (χ4v) is 2.49. The highest BCUT2D eigenvalue weighted by Gasteiger charge is 2.19. The average Bonchev–Trinajstić information content (AvgIpc) is 2.34. The quantitative estimate of drug-likeness (QED) is 0.814. The van der Waals surface area contributed by atoms with E-state index in [1.54, 1.807) is 7.11 Å². The van der Waals surface area contributed by atoms with E-state index in [9.17, 15) is 0 Å². The second-order valence-corrected chi connectivity index (χ2v) is 6.25. The predicted octanol–water partition coefficient (Wildman–Crippen LogP) is 2.99. The largest absolute Gasteiger partial charge is 0.383 e. The Morgan fingerprint density at radius 1 is 1.22 bits per heavy atom. The summed E-state index contributed by atoms with van der Waals surface area (Å²) in [5.74, 6) is 0. The van der Waals surface area contributed by atoms with Crippen LogP contribution >= 0.6 is 0 Å². The average molecular weight is 247 g/mol. The molecule has 1 aromatic carbocycles. The fourth-order valence-electron chi connectivity index (χ4n) is 2.49. The van der Waals surface area contributed by atoms with Crippen LogP contribution in [0.1, 0.15) is 37.5 Å². The highest BCUT2D eigenvalue weighted by molar-refractivity contribution is 5.36. The normalized spacial score (nSPS) is 16.7. The van der Waals surface area contributed by atoms with Crippen LogP contribution in [-0.4, -0.2) is 31.7 Å². The molecule has 18 heavy (non-hydrogen) atoms.